The van der Waals surface area contributed by atoms with E-state index in [1.165, 1.54) is 64.5 Å². The van der Waals surface area contributed by atoms with Crippen LogP contribution in [0.4, 0.5) is 0 Å². The minimum absolute atomic E-state index is 0.305. The van der Waals surface area contributed by atoms with E-state index in [0.29, 0.717) is 11.7 Å². The molecule has 0 amide bonds. The molecule has 0 aromatic carbocycles. The van der Waals surface area contributed by atoms with Crippen molar-refractivity contribution >= 4 is 11.6 Å². The molecule has 3 heteroatoms. The molecule has 1 saturated carbocycles. The Bertz CT molecular complexity index is 270. The summed E-state index contributed by atoms with van der Waals surface area (Å²) < 4.78 is 6.40. The Hall–Kier alpha value is 0.210. The Labute approximate surface area is 116 Å². The minimum atomic E-state index is 0.305. The van der Waals surface area contributed by atoms with Crippen molar-refractivity contribution in [1.82, 2.24) is 4.90 Å². The summed E-state index contributed by atoms with van der Waals surface area (Å²) in [4.78, 5) is 2.60. The SMILES string of the molecule is ClCC1CCN(CC2CCC3(CCCC3)O2)CC1. The Morgan fingerprint density at radius 2 is 1.78 bits per heavy atom. The fourth-order valence-electron chi connectivity index (χ4n) is 4.02. The van der Waals surface area contributed by atoms with Gasteiger partial charge in [-0.05, 0) is 57.5 Å². The number of nitrogens with zero attached hydrogens (tertiary/aromatic N) is 1. The molecule has 2 aliphatic heterocycles. The zero-order valence-corrected chi connectivity index (χ0v) is 12.1. The van der Waals surface area contributed by atoms with Crippen LogP contribution in [-0.4, -0.2) is 42.1 Å². The molecule has 1 unspecified atom stereocenters. The first kappa shape index (κ1) is 13.2. The highest BCUT2D eigenvalue weighted by atomic mass is 35.5. The van der Waals surface area contributed by atoms with Gasteiger partial charge in [0.15, 0.2) is 0 Å². The summed E-state index contributed by atoms with van der Waals surface area (Å²) >= 11 is 5.94. The Kier molecular flexibility index (Phi) is 4.17. The molecule has 3 fully saturated rings. The van der Waals surface area contributed by atoms with Crippen molar-refractivity contribution in [2.75, 3.05) is 25.5 Å². The average molecular weight is 272 g/mol. The normalized spacial score (nSPS) is 33.5. The highest BCUT2D eigenvalue weighted by Crippen LogP contribution is 2.43. The van der Waals surface area contributed by atoms with Gasteiger partial charge in [0.1, 0.15) is 0 Å². The molecule has 0 aromatic heterocycles. The number of rotatable bonds is 3. The number of piperidine rings is 1. The first-order valence-corrected chi connectivity index (χ1v) is 8.29. The number of halogens is 1. The van der Waals surface area contributed by atoms with E-state index in [1.807, 2.05) is 0 Å². The highest BCUT2D eigenvalue weighted by Gasteiger charge is 2.42. The van der Waals surface area contributed by atoms with E-state index in [0.717, 1.165) is 18.3 Å². The van der Waals surface area contributed by atoms with Crippen molar-refractivity contribution in [3.8, 4) is 0 Å². The van der Waals surface area contributed by atoms with Crippen molar-refractivity contribution in [2.24, 2.45) is 5.92 Å². The molecule has 1 spiro atoms. The lowest BCUT2D eigenvalue weighted by Crippen LogP contribution is -2.40. The summed E-state index contributed by atoms with van der Waals surface area (Å²) in [6.45, 7) is 3.62. The molecular weight excluding hydrogens is 246 g/mol. The first-order valence-electron chi connectivity index (χ1n) is 7.76. The van der Waals surface area contributed by atoms with Gasteiger partial charge in [-0.3, -0.25) is 0 Å². The smallest absolute Gasteiger partial charge is 0.0710 e. The average Bonchev–Trinajstić information content (AvgIpc) is 3.02. The van der Waals surface area contributed by atoms with Gasteiger partial charge in [0.2, 0.25) is 0 Å². The van der Waals surface area contributed by atoms with Gasteiger partial charge in [0, 0.05) is 12.4 Å². The molecule has 3 aliphatic rings. The summed E-state index contributed by atoms with van der Waals surface area (Å²) in [7, 11) is 0. The molecule has 1 atom stereocenters. The molecule has 104 valence electrons. The van der Waals surface area contributed by atoms with Crippen LogP contribution in [0, 0.1) is 5.92 Å². The Morgan fingerprint density at radius 1 is 1.06 bits per heavy atom. The molecule has 0 N–H and O–H groups in total. The van der Waals surface area contributed by atoms with Crippen LogP contribution >= 0.6 is 11.6 Å². The van der Waals surface area contributed by atoms with Crippen molar-refractivity contribution in [3.05, 3.63) is 0 Å². The summed E-state index contributed by atoms with van der Waals surface area (Å²) in [6.07, 6.45) is 11.1. The second kappa shape index (κ2) is 5.68. The van der Waals surface area contributed by atoms with E-state index in [4.69, 9.17) is 16.3 Å². The quantitative estimate of drug-likeness (QED) is 0.729. The summed E-state index contributed by atoms with van der Waals surface area (Å²) in [5.41, 5.74) is 0.305. The van der Waals surface area contributed by atoms with Crippen LogP contribution in [-0.2, 0) is 4.74 Å². The molecular formula is C15H26ClNO. The molecule has 3 rings (SSSR count). The van der Waals surface area contributed by atoms with Crippen molar-refractivity contribution < 1.29 is 4.74 Å². The molecule has 0 radical (unpaired) electrons. The predicted molar refractivity (Wildman–Crippen MR) is 75.2 cm³/mol. The van der Waals surface area contributed by atoms with Crippen LogP contribution in [0.1, 0.15) is 51.4 Å². The van der Waals surface area contributed by atoms with Crippen LogP contribution in [0.2, 0.25) is 0 Å². The lowest BCUT2D eigenvalue weighted by molar-refractivity contribution is -0.0496. The predicted octanol–water partition coefficient (Wildman–Crippen LogP) is 3.43. The van der Waals surface area contributed by atoms with Gasteiger partial charge in [-0.15, -0.1) is 11.6 Å². The lowest BCUT2D eigenvalue weighted by atomic mass is 9.97. The summed E-state index contributed by atoms with van der Waals surface area (Å²) in [5, 5.41) is 0. The molecule has 18 heavy (non-hydrogen) atoms. The maximum Gasteiger partial charge on any atom is 0.0710 e. The van der Waals surface area contributed by atoms with Gasteiger partial charge in [0.25, 0.3) is 0 Å². The zero-order chi connectivity index (χ0) is 12.4. The number of likely N-dealkylation sites (tertiary alicyclic amines) is 1. The molecule has 2 heterocycles. The lowest BCUT2D eigenvalue weighted by Gasteiger charge is -2.33. The van der Waals surface area contributed by atoms with E-state index in [1.54, 1.807) is 0 Å². The van der Waals surface area contributed by atoms with E-state index < -0.39 is 0 Å². The van der Waals surface area contributed by atoms with Crippen LogP contribution in [0.15, 0.2) is 0 Å². The second-order valence-corrected chi connectivity index (χ2v) is 6.88. The zero-order valence-electron chi connectivity index (χ0n) is 11.4. The fourth-order valence-corrected chi connectivity index (χ4v) is 4.33. The van der Waals surface area contributed by atoms with Crippen LogP contribution in [0.25, 0.3) is 0 Å². The maximum absolute atomic E-state index is 6.40. The van der Waals surface area contributed by atoms with Gasteiger partial charge in [0.05, 0.1) is 11.7 Å². The Morgan fingerprint density at radius 3 is 2.44 bits per heavy atom. The van der Waals surface area contributed by atoms with Gasteiger partial charge in [-0.2, -0.15) is 0 Å². The van der Waals surface area contributed by atoms with Crippen molar-refractivity contribution in [1.29, 1.82) is 0 Å². The van der Waals surface area contributed by atoms with Gasteiger partial charge in [-0.1, -0.05) is 12.8 Å². The van der Waals surface area contributed by atoms with Crippen molar-refractivity contribution in [3.63, 3.8) is 0 Å². The topological polar surface area (TPSA) is 12.5 Å². The van der Waals surface area contributed by atoms with E-state index in [9.17, 15) is 0 Å². The maximum atomic E-state index is 6.40. The number of ether oxygens (including phenoxy) is 1. The van der Waals surface area contributed by atoms with E-state index in [2.05, 4.69) is 4.90 Å². The molecule has 2 saturated heterocycles. The number of hydrogen-bond acceptors (Lipinski definition) is 2. The molecule has 0 bridgehead atoms. The van der Waals surface area contributed by atoms with E-state index >= 15 is 0 Å². The molecule has 1 aliphatic carbocycles. The largest absolute Gasteiger partial charge is 0.370 e. The third-order valence-corrected chi connectivity index (χ3v) is 5.68. The van der Waals surface area contributed by atoms with Gasteiger partial charge < -0.3 is 9.64 Å². The van der Waals surface area contributed by atoms with Crippen LogP contribution in [0.5, 0.6) is 0 Å². The standard InChI is InChI=1S/C15H26ClNO/c16-11-13-4-9-17(10-5-13)12-14-3-8-15(18-14)6-1-2-7-15/h13-14H,1-12H2. The molecule has 0 aromatic rings. The number of hydrogen-bond donors (Lipinski definition) is 0. The van der Waals surface area contributed by atoms with E-state index in [-0.39, 0.29) is 0 Å². The summed E-state index contributed by atoms with van der Waals surface area (Å²) in [5.74, 6) is 1.60. The van der Waals surface area contributed by atoms with Gasteiger partial charge in [-0.25, -0.2) is 0 Å². The van der Waals surface area contributed by atoms with Crippen LogP contribution < -0.4 is 0 Å². The monoisotopic (exact) mass is 271 g/mol. The Balaban J connectivity index is 1.44. The third kappa shape index (κ3) is 2.86. The van der Waals surface area contributed by atoms with Crippen molar-refractivity contribution in [2.45, 2.75) is 63.1 Å². The molecule has 2 nitrogen and oxygen atoms in total. The third-order valence-electron chi connectivity index (χ3n) is 5.24. The second-order valence-electron chi connectivity index (χ2n) is 6.57. The minimum Gasteiger partial charge on any atom is -0.370 e. The highest BCUT2D eigenvalue weighted by molar-refractivity contribution is 6.18. The fraction of sp³-hybridized carbons (Fsp3) is 1.00. The number of alkyl halides is 1. The van der Waals surface area contributed by atoms with Gasteiger partial charge >= 0.3 is 0 Å². The first-order chi connectivity index (χ1) is 8.80. The van der Waals surface area contributed by atoms with Crippen LogP contribution in [0.3, 0.4) is 0 Å². The summed E-state index contributed by atoms with van der Waals surface area (Å²) in [6, 6.07) is 0.